The SMILES string of the molecule is [B]C1CN(C(C)(C)C)C([B])CN1C(=O)OC([B])(C(F)(F)F)C(F)(F)F. The Morgan fingerprint density at radius 1 is 0.960 bits per heavy atom. The van der Waals surface area contributed by atoms with Gasteiger partial charge in [0.2, 0.25) is 0 Å². The molecule has 6 radical (unpaired) electrons. The molecule has 0 bridgehead atoms. The molecule has 1 heterocycles. The molecule has 4 nitrogen and oxygen atoms in total. The summed E-state index contributed by atoms with van der Waals surface area (Å²) >= 11 is 0. The topological polar surface area (TPSA) is 32.8 Å². The number of piperazine rings is 1. The van der Waals surface area contributed by atoms with E-state index in [2.05, 4.69) is 12.6 Å². The third kappa shape index (κ3) is 4.40. The maximum Gasteiger partial charge on any atom is 0.427 e. The highest BCUT2D eigenvalue weighted by Crippen LogP contribution is 2.44. The number of ether oxygens (including phenoxy) is 1. The van der Waals surface area contributed by atoms with Crippen molar-refractivity contribution in [3.63, 3.8) is 0 Å². The first-order chi connectivity index (χ1) is 10.9. The van der Waals surface area contributed by atoms with E-state index in [9.17, 15) is 31.1 Å². The molecule has 2 atom stereocenters. The molecular formula is C12H15B3F6N2O2. The van der Waals surface area contributed by atoms with Crippen molar-refractivity contribution in [2.45, 2.75) is 56.0 Å². The summed E-state index contributed by atoms with van der Waals surface area (Å²) < 4.78 is 79.9. The Morgan fingerprint density at radius 2 is 1.40 bits per heavy atom. The fourth-order valence-electron chi connectivity index (χ4n) is 2.33. The normalized spacial score (nSPS) is 24.3. The maximum absolute atomic E-state index is 12.7. The summed E-state index contributed by atoms with van der Waals surface area (Å²) in [5.74, 6) is -2.09. The van der Waals surface area contributed by atoms with Crippen molar-refractivity contribution in [2.24, 2.45) is 0 Å². The smallest absolute Gasteiger partial charge is 0.427 e. The second kappa shape index (κ2) is 6.62. The summed E-state index contributed by atoms with van der Waals surface area (Å²) in [6.07, 6.45) is -14.1. The zero-order valence-electron chi connectivity index (χ0n) is 13.8. The third-order valence-corrected chi connectivity index (χ3v) is 3.75. The number of rotatable bonds is 1. The molecule has 0 aromatic heterocycles. The number of hydrogen-bond acceptors (Lipinski definition) is 3. The number of amides is 1. The predicted octanol–water partition coefficient (Wildman–Crippen LogP) is 1.52. The molecule has 1 saturated heterocycles. The van der Waals surface area contributed by atoms with Crippen LogP contribution in [-0.2, 0) is 4.74 Å². The third-order valence-electron chi connectivity index (χ3n) is 3.75. The summed E-state index contributed by atoms with van der Waals surface area (Å²) in [6, 6.07) is 0. The van der Waals surface area contributed by atoms with Crippen LogP contribution >= 0.6 is 0 Å². The van der Waals surface area contributed by atoms with Gasteiger partial charge in [-0.3, -0.25) is 0 Å². The number of alkyl halides is 6. The lowest BCUT2D eigenvalue weighted by Crippen LogP contribution is -2.67. The average molecular weight is 366 g/mol. The van der Waals surface area contributed by atoms with Gasteiger partial charge in [0.05, 0.1) is 7.85 Å². The number of carbonyl (C=O) groups excluding carboxylic acids is 1. The van der Waals surface area contributed by atoms with Crippen molar-refractivity contribution >= 4 is 29.6 Å². The highest BCUT2D eigenvalue weighted by molar-refractivity contribution is 6.17. The molecule has 0 saturated carbocycles. The van der Waals surface area contributed by atoms with Crippen molar-refractivity contribution in [1.29, 1.82) is 0 Å². The van der Waals surface area contributed by atoms with Crippen LogP contribution in [0, 0.1) is 0 Å². The van der Waals surface area contributed by atoms with Crippen LogP contribution in [0.15, 0.2) is 0 Å². The van der Waals surface area contributed by atoms with Crippen LogP contribution in [0.2, 0.25) is 0 Å². The van der Waals surface area contributed by atoms with Crippen LogP contribution in [-0.4, -0.2) is 87.8 Å². The Bertz CT molecular complexity index is 495. The Hall–Kier alpha value is -0.995. The molecule has 13 heteroatoms. The molecule has 0 aromatic carbocycles. The first-order valence-electron chi connectivity index (χ1n) is 7.11. The molecule has 25 heavy (non-hydrogen) atoms. The van der Waals surface area contributed by atoms with Crippen LogP contribution in [0.5, 0.6) is 0 Å². The molecule has 1 aliphatic rings. The van der Waals surface area contributed by atoms with Gasteiger partial charge >= 0.3 is 18.4 Å². The van der Waals surface area contributed by atoms with E-state index in [1.54, 1.807) is 25.7 Å². The molecule has 0 aliphatic carbocycles. The zero-order valence-corrected chi connectivity index (χ0v) is 13.8. The lowest BCUT2D eigenvalue weighted by atomic mass is 9.79. The summed E-state index contributed by atoms with van der Waals surface area (Å²) in [5.41, 5.74) is -5.63. The van der Waals surface area contributed by atoms with Gasteiger partial charge in [-0.2, -0.15) is 26.3 Å². The summed E-state index contributed by atoms with van der Waals surface area (Å²) in [5, 5.41) is 0. The largest absolute Gasteiger partial charge is 0.434 e. The molecule has 1 fully saturated rings. The van der Waals surface area contributed by atoms with Gasteiger partial charge in [-0.1, -0.05) is 0 Å². The van der Waals surface area contributed by atoms with E-state index in [4.69, 9.17) is 15.7 Å². The fourth-order valence-corrected chi connectivity index (χ4v) is 2.33. The highest BCUT2D eigenvalue weighted by atomic mass is 19.4. The van der Waals surface area contributed by atoms with Crippen molar-refractivity contribution in [3.05, 3.63) is 0 Å². The molecule has 1 amide bonds. The zero-order chi connectivity index (χ0) is 20.0. The van der Waals surface area contributed by atoms with Crippen molar-refractivity contribution in [1.82, 2.24) is 9.80 Å². The van der Waals surface area contributed by atoms with Crippen LogP contribution in [0.3, 0.4) is 0 Å². The monoisotopic (exact) mass is 366 g/mol. The molecule has 0 aromatic rings. The van der Waals surface area contributed by atoms with Crippen molar-refractivity contribution in [2.75, 3.05) is 13.1 Å². The van der Waals surface area contributed by atoms with E-state index in [0.29, 0.717) is 4.90 Å². The van der Waals surface area contributed by atoms with E-state index in [1.165, 1.54) is 0 Å². The Labute approximate surface area is 145 Å². The molecule has 0 spiro atoms. The van der Waals surface area contributed by atoms with Crippen LogP contribution in [0.1, 0.15) is 20.8 Å². The van der Waals surface area contributed by atoms with E-state index in [-0.39, 0.29) is 6.54 Å². The quantitative estimate of drug-likeness (QED) is 0.522. The van der Waals surface area contributed by atoms with Gasteiger partial charge in [0.25, 0.3) is 5.50 Å². The maximum atomic E-state index is 12.7. The molecule has 136 valence electrons. The minimum Gasteiger partial charge on any atom is -0.434 e. The summed E-state index contributed by atoms with van der Waals surface area (Å²) in [6.45, 7) is 4.85. The molecular weight excluding hydrogens is 351 g/mol. The summed E-state index contributed by atoms with van der Waals surface area (Å²) in [4.78, 5) is 14.0. The molecule has 0 N–H and O–H groups in total. The van der Waals surface area contributed by atoms with Crippen LogP contribution in [0.4, 0.5) is 31.1 Å². The minimum atomic E-state index is -6.07. The van der Waals surface area contributed by atoms with Crippen molar-refractivity contribution in [3.8, 4) is 0 Å². The Kier molecular flexibility index (Phi) is 5.84. The number of halogens is 6. The van der Waals surface area contributed by atoms with Crippen molar-refractivity contribution < 1.29 is 35.9 Å². The number of carbonyl (C=O) groups is 1. The fraction of sp³-hybridized carbons (Fsp3) is 0.917. The van der Waals surface area contributed by atoms with Gasteiger partial charge in [-0.25, -0.2) is 4.79 Å². The minimum absolute atomic E-state index is 0.0740. The number of hydrogen-bond donors (Lipinski definition) is 0. The van der Waals surface area contributed by atoms with E-state index < -0.39 is 47.9 Å². The second-order valence-corrected chi connectivity index (χ2v) is 6.71. The van der Waals surface area contributed by atoms with Gasteiger partial charge in [0, 0.05) is 24.6 Å². The van der Waals surface area contributed by atoms with Gasteiger partial charge < -0.3 is 14.5 Å². The van der Waals surface area contributed by atoms with E-state index in [0.717, 1.165) is 0 Å². The van der Waals surface area contributed by atoms with Crippen LogP contribution in [0.25, 0.3) is 0 Å². The molecule has 2 unspecified atom stereocenters. The Balaban J connectivity index is 3.01. The van der Waals surface area contributed by atoms with E-state index in [1.807, 2.05) is 0 Å². The summed E-state index contributed by atoms with van der Waals surface area (Å²) in [7, 11) is 15.9. The Morgan fingerprint density at radius 3 is 1.76 bits per heavy atom. The highest BCUT2D eigenvalue weighted by Gasteiger charge is 2.70. The first kappa shape index (κ1) is 22.0. The standard InChI is InChI=1S/C12H15B3F6N2O2/c1-9(2,3)23-5-6(13)22(4-7(23)14)8(24)25-10(15,11(16,17)18)12(19,20)21/h6-7H,4-5H2,1-3H3. The van der Waals surface area contributed by atoms with Gasteiger partial charge in [0.1, 0.15) is 7.85 Å². The molecule has 1 rings (SSSR count). The van der Waals surface area contributed by atoms with Gasteiger partial charge in [-0.15, -0.1) is 0 Å². The van der Waals surface area contributed by atoms with E-state index >= 15 is 0 Å². The lowest BCUT2D eigenvalue weighted by Gasteiger charge is -2.50. The lowest BCUT2D eigenvalue weighted by molar-refractivity contribution is -0.331. The van der Waals surface area contributed by atoms with Gasteiger partial charge in [-0.05, 0) is 26.7 Å². The van der Waals surface area contributed by atoms with Crippen LogP contribution < -0.4 is 0 Å². The first-order valence-corrected chi connectivity index (χ1v) is 7.11. The molecule has 1 aliphatic heterocycles. The van der Waals surface area contributed by atoms with Gasteiger partial charge in [0.15, 0.2) is 7.85 Å². The second-order valence-electron chi connectivity index (χ2n) is 6.71. The average Bonchev–Trinajstić information content (AvgIpc) is 2.36. The number of nitrogens with zero attached hydrogens (tertiary/aromatic N) is 2. The predicted molar refractivity (Wildman–Crippen MR) is 79.3 cm³/mol.